The molecule has 0 aromatic heterocycles. The summed E-state index contributed by atoms with van der Waals surface area (Å²) in [5, 5.41) is 7.10. The van der Waals surface area contributed by atoms with E-state index >= 15 is 0 Å². The summed E-state index contributed by atoms with van der Waals surface area (Å²) in [4.78, 5) is 0. The van der Waals surface area contributed by atoms with Gasteiger partial charge < -0.3 is 5.32 Å². The van der Waals surface area contributed by atoms with Crippen molar-refractivity contribution in [1.82, 2.24) is 5.32 Å². The number of hydrogen-bond acceptors (Lipinski definition) is 2. The number of nitrogens with one attached hydrogen (secondary N) is 1. The van der Waals surface area contributed by atoms with E-state index in [4.69, 9.17) is 0 Å². The van der Waals surface area contributed by atoms with Crippen LogP contribution in [0.25, 0.3) is 10.8 Å². The number of thioether (sulfide) groups is 1. The van der Waals surface area contributed by atoms with Gasteiger partial charge in [0.25, 0.3) is 0 Å². The van der Waals surface area contributed by atoms with E-state index in [2.05, 4.69) is 35.6 Å². The largest absolute Gasteiger partial charge is 0.301 e. The van der Waals surface area contributed by atoms with Crippen molar-refractivity contribution in [3.05, 3.63) is 47.0 Å². The summed E-state index contributed by atoms with van der Waals surface area (Å²) >= 11 is 2.03. The van der Waals surface area contributed by atoms with Gasteiger partial charge in [-0.2, -0.15) is 0 Å². The zero-order valence-corrected chi connectivity index (χ0v) is 10.5. The van der Waals surface area contributed by atoms with Crippen LogP contribution in [-0.2, 0) is 12.8 Å². The second kappa shape index (κ2) is 3.76. The van der Waals surface area contributed by atoms with Crippen LogP contribution in [0.1, 0.15) is 22.1 Å². The average Bonchev–Trinajstić information content (AvgIpc) is 3.00. The minimum Gasteiger partial charge on any atom is -0.301 e. The Morgan fingerprint density at radius 2 is 1.94 bits per heavy atom. The summed E-state index contributed by atoms with van der Waals surface area (Å²) in [6.45, 7) is 1.14. The summed E-state index contributed by atoms with van der Waals surface area (Å²) in [5.74, 6) is 1.23. The lowest BCUT2D eigenvalue weighted by Crippen LogP contribution is -2.12. The first-order valence-corrected chi connectivity index (χ1v) is 7.37. The van der Waals surface area contributed by atoms with E-state index in [1.165, 1.54) is 29.5 Å². The molecule has 86 valence electrons. The first-order valence-electron chi connectivity index (χ1n) is 6.32. The van der Waals surface area contributed by atoms with Crippen LogP contribution < -0.4 is 5.32 Å². The van der Waals surface area contributed by atoms with Crippen LogP contribution in [0.2, 0.25) is 0 Å². The number of aryl methyl sites for hydroxylation is 2. The van der Waals surface area contributed by atoms with Gasteiger partial charge in [-0.25, -0.2) is 0 Å². The van der Waals surface area contributed by atoms with Gasteiger partial charge in [0.15, 0.2) is 0 Å². The third kappa shape index (κ3) is 1.44. The number of hydrogen-bond donors (Lipinski definition) is 1. The lowest BCUT2D eigenvalue weighted by atomic mass is 10.00. The highest BCUT2D eigenvalue weighted by atomic mass is 32.2. The first-order chi connectivity index (χ1) is 8.43. The topological polar surface area (TPSA) is 12.0 Å². The van der Waals surface area contributed by atoms with Crippen LogP contribution in [0.5, 0.6) is 0 Å². The molecule has 1 nitrogen and oxygen atoms in total. The smallest absolute Gasteiger partial charge is 0.0796 e. The van der Waals surface area contributed by atoms with Crippen molar-refractivity contribution < 1.29 is 0 Å². The van der Waals surface area contributed by atoms with Crippen LogP contribution >= 0.6 is 11.8 Å². The predicted molar refractivity (Wildman–Crippen MR) is 74.6 cm³/mol. The SMILES string of the molecule is c1cc2c3c(ccc(C4NCCS4)c3c1)CC2. The van der Waals surface area contributed by atoms with Gasteiger partial charge in [-0.1, -0.05) is 30.3 Å². The Hall–Kier alpha value is -0.990. The summed E-state index contributed by atoms with van der Waals surface area (Å²) in [5.41, 5.74) is 4.57. The zero-order valence-electron chi connectivity index (χ0n) is 9.70. The van der Waals surface area contributed by atoms with Crippen molar-refractivity contribution in [2.24, 2.45) is 0 Å². The van der Waals surface area contributed by atoms with Crippen molar-refractivity contribution in [3.8, 4) is 0 Å². The molecular weight excluding hydrogens is 226 g/mol. The second-order valence-electron chi connectivity index (χ2n) is 4.86. The molecule has 0 amide bonds. The maximum absolute atomic E-state index is 3.59. The van der Waals surface area contributed by atoms with Crippen molar-refractivity contribution in [2.75, 3.05) is 12.3 Å². The summed E-state index contributed by atoms with van der Waals surface area (Å²) < 4.78 is 0. The fourth-order valence-electron chi connectivity index (χ4n) is 3.12. The molecule has 2 heteroatoms. The molecule has 1 aliphatic heterocycles. The fraction of sp³-hybridized carbons (Fsp3) is 0.333. The molecule has 1 aliphatic carbocycles. The van der Waals surface area contributed by atoms with Crippen molar-refractivity contribution in [3.63, 3.8) is 0 Å². The zero-order chi connectivity index (χ0) is 11.2. The summed E-state index contributed by atoms with van der Waals surface area (Å²) in [7, 11) is 0. The van der Waals surface area contributed by atoms with Gasteiger partial charge in [0.05, 0.1) is 5.37 Å². The maximum atomic E-state index is 3.59. The Labute approximate surface area is 106 Å². The Bertz CT molecular complexity index is 574. The van der Waals surface area contributed by atoms with E-state index in [1.807, 2.05) is 11.8 Å². The molecule has 0 radical (unpaired) electrons. The molecule has 2 aromatic carbocycles. The van der Waals surface area contributed by atoms with Crippen LogP contribution in [0.15, 0.2) is 30.3 Å². The summed E-state index contributed by atoms with van der Waals surface area (Å²) in [6, 6.07) is 11.5. The van der Waals surface area contributed by atoms with Gasteiger partial charge >= 0.3 is 0 Å². The van der Waals surface area contributed by atoms with Crippen LogP contribution in [0.3, 0.4) is 0 Å². The van der Waals surface area contributed by atoms with E-state index in [0.717, 1.165) is 6.54 Å². The average molecular weight is 241 g/mol. The lowest BCUT2D eigenvalue weighted by molar-refractivity contribution is 0.755. The van der Waals surface area contributed by atoms with E-state index < -0.39 is 0 Å². The highest BCUT2D eigenvalue weighted by molar-refractivity contribution is 7.99. The highest BCUT2D eigenvalue weighted by Crippen LogP contribution is 2.39. The molecule has 1 saturated heterocycles. The molecule has 1 fully saturated rings. The quantitative estimate of drug-likeness (QED) is 0.822. The monoisotopic (exact) mass is 241 g/mol. The predicted octanol–water partition coefficient (Wildman–Crippen LogP) is 3.27. The molecule has 1 unspecified atom stereocenters. The molecular formula is C15H15NS. The minimum atomic E-state index is 0.500. The van der Waals surface area contributed by atoms with Crippen LogP contribution in [0.4, 0.5) is 0 Å². The first kappa shape index (κ1) is 9.98. The molecule has 0 saturated carbocycles. The van der Waals surface area contributed by atoms with Crippen molar-refractivity contribution in [1.29, 1.82) is 0 Å². The normalized spacial score (nSPS) is 22.5. The minimum absolute atomic E-state index is 0.500. The Kier molecular flexibility index (Phi) is 2.20. The summed E-state index contributed by atoms with van der Waals surface area (Å²) in [6.07, 6.45) is 2.45. The molecule has 2 aromatic rings. The molecule has 1 N–H and O–H groups in total. The van der Waals surface area contributed by atoms with Gasteiger partial charge in [-0.15, -0.1) is 11.8 Å². The van der Waals surface area contributed by atoms with Crippen molar-refractivity contribution >= 4 is 22.5 Å². The Balaban J connectivity index is 1.99. The molecule has 1 atom stereocenters. The maximum Gasteiger partial charge on any atom is 0.0796 e. The molecule has 4 rings (SSSR count). The molecule has 1 heterocycles. The van der Waals surface area contributed by atoms with E-state index in [1.54, 1.807) is 16.5 Å². The molecule has 2 aliphatic rings. The van der Waals surface area contributed by atoms with Crippen LogP contribution in [0, 0.1) is 0 Å². The van der Waals surface area contributed by atoms with Gasteiger partial charge in [0.1, 0.15) is 0 Å². The number of benzene rings is 2. The number of rotatable bonds is 1. The van der Waals surface area contributed by atoms with E-state index in [-0.39, 0.29) is 0 Å². The van der Waals surface area contributed by atoms with Crippen molar-refractivity contribution in [2.45, 2.75) is 18.2 Å². The van der Waals surface area contributed by atoms with Crippen LogP contribution in [-0.4, -0.2) is 12.3 Å². The Morgan fingerprint density at radius 3 is 2.76 bits per heavy atom. The standard InChI is InChI=1S/C15H15NS/c1-2-10-4-5-11-6-7-13(12(3-1)14(10)11)15-16-8-9-17-15/h1-3,6-7,15-16H,4-5,8-9H2. The molecule has 0 bridgehead atoms. The van der Waals surface area contributed by atoms with E-state index in [0.29, 0.717) is 5.37 Å². The fourth-order valence-corrected chi connectivity index (χ4v) is 4.22. The van der Waals surface area contributed by atoms with Gasteiger partial charge in [-0.05, 0) is 40.3 Å². The third-order valence-corrected chi connectivity index (χ3v) is 5.10. The van der Waals surface area contributed by atoms with Gasteiger partial charge in [0.2, 0.25) is 0 Å². The Morgan fingerprint density at radius 1 is 1.06 bits per heavy atom. The lowest BCUT2D eigenvalue weighted by Gasteiger charge is -2.14. The van der Waals surface area contributed by atoms with Gasteiger partial charge in [0, 0.05) is 12.3 Å². The van der Waals surface area contributed by atoms with E-state index in [9.17, 15) is 0 Å². The second-order valence-corrected chi connectivity index (χ2v) is 6.07. The molecule has 17 heavy (non-hydrogen) atoms. The molecule has 0 spiro atoms. The highest BCUT2D eigenvalue weighted by Gasteiger charge is 2.22. The van der Waals surface area contributed by atoms with Gasteiger partial charge in [-0.3, -0.25) is 0 Å². The third-order valence-electron chi connectivity index (χ3n) is 3.91.